The third-order valence-corrected chi connectivity index (χ3v) is 7.38. The maximum Gasteiger partial charge on any atom is 0.251 e. The van der Waals surface area contributed by atoms with Crippen LogP contribution in [0, 0.1) is 0 Å². The van der Waals surface area contributed by atoms with Crippen LogP contribution < -0.4 is 16.0 Å². The highest BCUT2D eigenvalue weighted by atomic mass is 35.5. The molecule has 0 fully saturated rings. The molecule has 0 aliphatic heterocycles. The summed E-state index contributed by atoms with van der Waals surface area (Å²) in [6.45, 7) is 0.0214. The molecule has 2 aromatic heterocycles. The Labute approximate surface area is 263 Å². The van der Waals surface area contributed by atoms with Gasteiger partial charge in [0.1, 0.15) is 5.69 Å². The number of carbonyl (C=O) groups is 2. The second-order valence-electron chi connectivity index (χ2n) is 10.2. The van der Waals surface area contributed by atoms with Crippen molar-refractivity contribution >= 4 is 45.7 Å². The lowest BCUT2D eigenvalue weighted by atomic mass is 10.00. The average Bonchev–Trinajstić information content (AvgIpc) is 3.56. The lowest BCUT2D eigenvalue weighted by Crippen LogP contribution is -2.45. The van der Waals surface area contributed by atoms with Crippen molar-refractivity contribution in [3.63, 3.8) is 0 Å². The van der Waals surface area contributed by atoms with Crippen LogP contribution in [0.3, 0.4) is 0 Å². The van der Waals surface area contributed by atoms with Crippen LogP contribution in [0.5, 0.6) is 0 Å². The van der Waals surface area contributed by atoms with E-state index in [1.54, 1.807) is 71.7 Å². The fraction of sp³-hybridized carbons (Fsp3) is 0.0882. The van der Waals surface area contributed by atoms with Crippen molar-refractivity contribution in [3.8, 4) is 5.69 Å². The topological polar surface area (TPSA) is 134 Å². The molecule has 2 amide bonds. The van der Waals surface area contributed by atoms with Crippen LogP contribution in [0.25, 0.3) is 16.6 Å². The van der Waals surface area contributed by atoms with E-state index in [1.807, 2.05) is 54.6 Å². The van der Waals surface area contributed by atoms with Gasteiger partial charge in [-0.15, -0.1) is 5.10 Å². The van der Waals surface area contributed by atoms with Crippen molar-refractivity contribution in [1.29, 1.82) is 0 Å². The molecule has 45 heavy (non-hydrogen) atoms. The molecule has 6 rings (SSSR count). The molecule has 11 heteroatoms. The molecule has 0 aliphatic carbocycles. The van der Waals surface area contributed by atoms with Gasteiger partial charge in [-0.3, -0.25) is 14.6 Å². The number of hydrogen-bond donors (Lipinski definition) is 4. The number of pyridine rings is 1. The highest BCUT2D eigenvalue weighted by Crippen LogP contribution is 2.28. The number of aliphatic hydroxyl groups is 1. The van der Waals surface area contributed by atoms with Gasteiger partial charge in [0.15, 0.2) is 6.10 Å². The smallest absolute Gasteiger partial charge is 0.251 e. The van der Waals surface area contributed by atoms with E-state index in [2.05, 4.69) is 31.2 Å². The Morgan fingerprint density at radius 3 is 2.47 bits per heavy atom. The standard InChI is InChI=1S/C34H28ClN7O3/c35-24-14-15-28-29(16-17-36-30(28)18-24)38-25-12-7-13-27(19-25)42-21-26(40-41-42)20-37-34(45)32(43)31(22-8-3-1-4-9-22)39-33(44)23-10-5-2-6-11-23/h1-19,21,31-32,43H,20H2,(H,36,38)(H,37,45)(H,39,44)/t31-,32+/m1/s1. The number of aromatic nitrogens is 4. The van der Waals surface area contributed by atoms with E-state index in [4.69, 9.17) is 11.6 Å². The summed E-state index contributed by atoms with van der Waals surface area (Å²) in [5.74, 6) is -1.07. The fourth-order valence-electron chi connectivity index (χ4n) is 4.87. The molecule has 6 aromatic rings. The molecule has 10 nitrogen and oxygen atoms in total. The van der Waals surface area contributed by atoms with Crippen molar-refractivity contribution < 1.29 is 14.7 Å². The first-order chi connectivity index (χ1) is 21.9. The quantitative estimate of drug-likeness (QED) is 0.163. The molecule has 0 spiro atoms. The number of nitrogens with one attached hydrogen (secondary N) is 3. The molecule has 0 unspecified atom stereocenters. The molecular formula is C34H28ClN7O3. The number of amides is 2. The number of benzene rings is 4. The predicted octanol–water partition coefficient (Wildman–Crippen LogP) is 5.36. The molecule has 0 bridgehead atoms. The maximum absolute atomic E-state index is 13.1. The predicted molar refractivity (Wildman–Crippen MR) is 172 cm³/mol. The van der Waals surface area contributed by atoms with Gasteiger partial charge in [0.05, 0.1) is 30.0 Å². The summed E-state index contributed by atoms with van der Waals surface area (Å²) < 4.78 is 1.60. The fourth-order valence-corrected chi connectivity index (χ4v) is 5.04. The van der Waals surface area contributed by atoms with Crippen LogP contribution in [-0.4, -0.2) is 43.0 Å². The van der Waals surface area contributed by atoms with Crippen molar-refractivity contribution in [3.05, 3.63) is 143 Å². The van der Waals surface area contributed by atoms with Crippen molar-refractivity contribution in [2.75, 3.05) is 5.32 Å². The van der Waals surface area contributed by atoms with Crippen molar-refractivity contribution in [2.45, 2.75) is 18.7 Å². The highest BCUT2D eigenvalue weighted by molar-refractivity contribution is 6.31. The normalized spacial score (nSPS) is 12.3. The summed E-state index contributed by atoms with van der Waals surface area (Å²) in [6, 6.07) is 31.6. The first kappa shape index (κ1) is 29.5. The number of aliphatic hydroxyl groups excluding tert-OH is 1. The Hall–Kier alpha value is -5.58. The van der Waals surface area contributed by atoms with E-state index in [0.29, 0.717) is 21.8 Å². The molecular weight excluding hydrogens is 590 g/mol. The van der Waals surface area contributed by atoms with Gasteiger partial charge in [-0.25, -0.2) is 4.68 Å². The number of hydrogen-bond acceptors (Lipinski definition) is 7. The summed E-state index contributed by atoms with van der Waals surface area (Å²) in [5.41, 5.74) is 4.73. The second-order valence-corrected chi connectivity index (χ2v) is 10.7. The minimum atomic E-state index is -1.56. The first-order valence-electron chi connectivity index (χ1n) is 14.1. The first-order valence-corrected chi connectivity index (χ1v) is 14.5. The Balaban J connectivity index is 1.12. The summed E-state index contributed by atoms with van der Waals surface area (Å²) in [7, 11) is 0. The Morgan fingerprint density at radius 1 is 0.889 bits per heavy atom. The SMILES string of the molecule is O=C(N[C@H](c1ccccc1)[C@H](O)C(=O)NCc1cn(-c2cccc(Nc3ccnc4cc(Cl)ccc34)c2)nn1)c1ccccc1. The van der Waals surface area contributed by atoms with Crippen LogP contribution in [0.4, 0.5) is 11.4 Å². The zero-order valence-electron chi connectivity index (χ0n) is 23.8. The second kappa shape index (κ2) is 13.4. The summed E-state index contributed by atoms with van der Waals surface area (Å²) in [4.78, 5) is 30.3. The number of rotatable bonds is 10. The molecule has 2 heterocycles. The Morgan fingerprint density at radius 2 is 1.67 bits per heavy atom. The number of nitrogens with zero attached hydrogens (tertiary/aromatic N) is 4. The summed E-state index contributed by atoms with van der Waals surface area (Å²) >= 11 is 6.13. The average molecular weight is 618 g/mol. The van der Waals surface area contributed by atoms with Gasteiger partial charge < -0.3 is 21.1 Å². The molecule has 0 saturated heterocycles. The Kier molecular flexibility index (Phi) is 8.77. The molecule has 0 aliphatic rings. The molecule has 0 radical (unpaired) electrons. The molecule has 4 N–H and O–H groups in total. The van der Waals surface area contributed by atoms with Crippen LogP contribution >= 0.6 is 11.6 Å². The van der Waals surface area contributed by atoms with Crippen LogP contribution in [-0.2, 0) is 11.3 Å². The highest BCUT2D eigenvalue weighted by Gasteiger charge is 2.29. The van der Waals surface area contributed by atoms with Crippen LogP contribution in [0.15, 0.2) is 122 Å². The zero-order valence-corrected chi connectivity index (χ0v) is 24.6. The molecule has 224 valence electrons. The van der Waals surface area contributed by atoms with Gasteiger partial charge in [0.25, 0.3) is 11.8 Å². The monoisotopic (exact) mass is 617 g/mol. The summed E-state index contributed by atoms with van der Waals surface area (Å²) in [6.07, 6.45) is 1.86. The zero-order chi connectivity index (χ0) is 31.2. The van der Waals surface area contributed by atoms with Gasteiger partial charge in [-0.2, -0.15) is 0 Å². The Bertz CT molecular complexity index is 1950. The minimum Gasteiger partial charge on any atom is -0.381 e. The number of fused-ring (bicyclic) bond motifs is 1. The minimum absolute atomic E-state index is 0.0214. The number of halogens is 1. The van der Waals surface area contributed by atoms with E-state index in [-0.39, 0.29) is 6.54 Å². The van der Waals surface area contributed by atoms with Gasteiger partial charge in [-0.05, 0) is 60.2 Å². The van der Waals surface area contributed by atoms with Gasteiger partial charge in [-0.1, -0.05) is 71.4 Å². The molecule has 0 saturated carbocycles. The largest absolute Gasteiger partial charge is 0.381 e. The third kappa shape index (κ3) is 6.98. The van der Waals surface area contributed by atoms with E-state index in [9.17, 15) is 14.7 Å². The third-order valence-electron chi connectivity index (χ3n) is 7.14. The lowest BCUT2D eigenvalue weighted by molar-refractivity contribution is -0.130. The molecule has 2 atom stereocenters. The van der Waals surface area contributed by atoms with Crippen LogP contribution in [0.2, 0.25) is 5.02 Å². The number of carbonyl (C=O) groups excluding carboxylic acids is 2. The van der Waals surface area contributed by atoms with E-state index < -0.39 is 24.0 Å². The van der Waals surface area contributed by atoms with E-state index >= 15 is 0 Å². The summed E-state index contributed by atoms with van der Waals surface area (Å²) in [5, 5.41) is 29.9. The van der Waals surface area contributed by atoms with E-state index in [1.165, 1.54) is 0 Å². The maximum atomic E-state index is 13.1. The number of anilines is 2. The lowest BCUT2D eigenvalue weighted by Gasteiger charge is -2.24. The molecule has 4 aromatic carbocycles. The van der Waals surface area contributed by atoms with Crippen molar-refractivity contribution in [1.82, 2.24) is 30.6 Å². The van der Waals surface area contributed by atoms with Crippen molar-refractivity contribution in [2.24, 2.45) is 0 Å². The van der Waals surface area contributed by atoms with Gasteiger partial charge in [0, 0.05) is 33.5 Å². The van der Waals surface area contributed by atoms with Gasteiger partial charge in [0.2, 0.25) is 0 Å². The van der Waals surface area contributed by atoms with Crippen LogP contribution in [0.1, 0.15) is 27.7 Å². The van der Waals surface area contributed by atoms with E-state index in [0.717, 1.165) is 28.0 Å². The van der Waals surface area contributed by atoms with Gasteiger partial charge >= 0.3 is 0 Å².